The van der Waals surface area contributed by atoms with Gasteiger partial charge in [0.2, 0.25) is 0 Å². The molecule has 0 saturated heterocycles. The van der Waals surface area contributed by atoms with Gasteiger partial charge in [-0.2, -0.15) is 0 Å². The van der Waals surface area contributed by atoms with Crippen LogP contribution in [0.4, 0.5) is 0 Å². The number of carbonyl (C=O) groups is 1. The Balaban J connectivity index is -0.000000605. The van der Waals surface area contributed by atoms with Crippen molar-refractivity contribution in [3.05, 3.63) is 42.0 Å². The molecule has 0 fully saturated rings. The minimum Gasteiger partial charge on any atom is -0.358 e. The maximum atomic E-state index is 10.6. The minimum atomic E-state index is -0.709. The van der Waals surface area contributed by atoms with Gasteiger partial charge in [-0.1, -0.05) is 0 Å². The predicted molar refractivity (Wildman–Crippen MR) is 46.0 cm³/mol. The second kappa shape index (κ2) is 9.76. The maximum absolute atomic E-state index is 10.6. The van der Waals surface area contributed by atoms with Gasteiger partial charge >= 0.3 is 80.2 Å². The summed E-state index contributed by atoms with van der Waals surface area (Å²) < 4.78 is 0.514. The molecule has 0 aromatic heterocycles. The molecule has 4 nitrogen and oxygen atoms in total. The number of nitrogens with zero attached hydrogens (tertiary/aromatic N) is 1. The minimum absolute atomic E-state index is 0. The van der Waals surface area contributed by atoms with Crippen LogP contribution in [0.25, 0.3) is 0 Å². The number of carbonyl (C=O) groups excluding carboxylic acids is 1. The molecule has 0 rings (SSSR count). The monoisotopic (exact) mass is 440 g/mol. The average Bonchev–Trinajstić information content (AvgIpc) is 1.98. The molecule has 0 aromatic rings. The number of ketones is 1. The zero-order valence-electron chi connectivity index (χ0n) is 7.89. The van der Waals surface area contributed by atoms with Crippen LogP contribution in [0.5, 0.6) is 0 Å². The van der Waals surface area contributed by atoms with E-state index in [0.717, 1.165) is 25.4 Å². The number of Topliss-reactive ketones (excluding diaryl/α,β-unsaturated/α-hetero) is 1. The van der Waals surface area contributed by atoms with Crippen LogP contribution >= 0.6 is 0 Å². The standard InChI is InChI=1S/C7H6NO3.CH3.W.Y/c1-6(8(10)11)4-3-5-7(2)9;;;/h1,3-4H,2H3;1H3;;/q2*-1;;. The van der Waals surface area contributed by atoms with Crippen LogP contribution in [0, 0.1) is 24.1 Å². The van der Waals surface area contributed by atoms with Crippen LogP contribution in [0.15, 0.2) is 17.8 Å². The summed E-state index contributed by atoms with van der Waals surface area (Å²) in [5, 5.41) is 9.99. The van der Waals surface area contributed by atoms with Crippen molar-refractivity contribution < 1.29 is 61.8 Å². The Morgan fingerprint density at radius 3 is 2.21 bits per heavy atom. The van der Waals surface area contributed by atoms with Gasteiger partial charge < -0.3 is 7.43 Å². The van der Waals surface area contributed by atoms with Gasteiger partial charge in [0.25, 0.3) is 0 Å². The van der Waals surface area contributed by atoms with Gasteiger partial charge in [-0.05, 0) is 0 Å². The molecule has 75 valence electrons. The van der Waals surface area contributed by atoms with Crippen molar-refractivity contribution >= 4 is 9.68 Å². The van der Waals surface area contributed by atoms with Gasteiger partial charge in [0, 0.05) is 32.7 Å². The molecule has 0 aliphatic rings. The Morgan fingerprint density at radius 2 is 1.93 bits per heavy atom. The van der Waals surface area contributed by atoms with Crippen molar-refractivity contribution in [1.82, 2.24) is 0 Å². The molecule has 0 aliphatic heterocycles. The largest absolute Gasteiger partial charge is 0.358 e. The number of hydrogen-bond acceptors (Lipinski definition) is 3. The second-order valence-corrected chi connectivity index (χ2v) is 3.52. The van der Waals surface area contributed by atoms with E-state index < -0.39 is 10.6 Å². The third kappa shape index (κ3) is 8.79. The number of nitro groups is 1. The third-order valence-corrected chi connectivity index (χ3v) is 2.48. The first-order valence-electron chi connectivity index (χ1n) is 2.95. The summed E-state index contributed by atoms with van der Waals surface area (Å²) in [5.74, 6) is -0.0996. The van der Waals surface area contributed by atoms with Crippen molar-refractivity contribution in [2.75, 3.05) is 0 Å². The summed E-state index contributed by atoms with van der Waals surface area (Å²) in [4.78, 5) is 19.9. The molecule has 0 N–H and O–H groups in total. The van der Waals surface area contributed by atoms with Crippen LogP contribution in [0.3, 0.4) is 0 Å². The van der Waals surface area contributed by atoms with E-state index in [2.05, 4.69) is 0 Å². The molecular weight excluding hydrogens is 431 g/mol. The zero-order chi connectivity index (χ0) is 9.72. The van der Waals surface area contributed by atoms with E-state index in [1.54, 1.807) is 0 Å². The Labute approximate surface area is 119 Å². The van der Waals surface area contributed by atoms with Crippen LogP contribution < -0.4 is 0 Å². The van der Waals surface area contributed by atoms with E-state index in [-0.39, 0.29) is 45.9 Å². The van der Waals surface area contributed by atoms with E-state index in [0.29, 0.717) is 3.90 Å². The Hall–Kier alpha value is 0.212. The molecule has 6 heteroatoms. The molecule has 0 heterocycles. The molecule has 0 atom stereocenters. The topological polar surface area (TPSA) is 60.2 Å². The van der Waals surface area contributed by atoms with Crippen LogP contribution in [-0.4, -0.2) is 14.6 Å². The first-order valence-corrected chi connectivity index (χ1v) is 4.41. The molecule has 1 radical (unpaired) electrons. The third-order valence-electron chi connectivity index (χ3n) is 0.963. The van der Waals surface area contributed by atoms with Crippen molar-refractivity contribution in [2.24, 2.45) is 0 Å². The summed E-state index contributed by atoms with van der Waals surface area (Å²) in [6.45, 7) is 6.38. The van der Waals surface area contributed by atoms with Gasteiger partial charge in [-0.15, -0.1) is 0 Å². The normalized spacial score (nSPS) is 8.36. The smallest absolute Gasteiger partial charge is 0 e. The van der Waals surface area contributed by atoms with E-state index in [4.69, 9.17) is 6.58 Å². The maximum Gasteiger partial charge on any atom is 0 e. The summed E-state index contributed by atoms with van der Waals surface area (Å²) in [7, 11) is 0. The quantitative estimate of drug-likeness (QED) is 0.283. The summed E-state index contributed by atoms with van der Waals surface area (Å²) in [5.41, 5.74) is -0.463. The zero-order valence-corrected chi connectivity index (χ0v) is 13.7. The van der Waals surface area contributed by atoms with Gasteiger partial charge in [-0.25, -0.2) is 0 Å². The molecular formula is C8H9NO3WY-2. The summed E-state index contributed by atoms with van der Waals surface area (Å²) >= 11 is 0.963. The van der Waals surface area contributed by atoms with Gasteiger partial charge in [0.15, 0.2) is 0 Å². The number of rotatable bonds is 4. The molecule has 14 heavy (non-hydrogen) atoms. The fourth-order valence-corrected chi connectivity index (χ4v) is 0.584. The molecule has 0 unspecified atom stereocenters. The Kier molecular flexibility index (Phi) is 13.8. The molecule has 0 spiro atoms. The molecule has 0 aliphatic carbocycles. The van der Waals surface area contributed by atoms with Crippen molar-refractivity contribution in [3.8, 4) is 0 Å². The van der Waals surface area contributed by atoms with Crippen molar-refractivity contribution in [3.63, 3.8) is 0 Å². The Morgan fingerprint density at radius 1 is 1.50 bits per heavy atom. The van der Waals surface area contributed by atoms with Crippen molar-refractivity contribution in [2.45, 2.75) is 6.92 Å². The van der Waals surface area contributed by atoms with Crippen molar-refractivity contribution in [1.29, 1.82) is 0 Å². The first-order chi connectivity index (χ1) is 5.45. The first kappa shape index (κ1) is 19.7. The molecule has 0 aromatic carbocycles. The average molecular weight is 440 g/mol. The Bertz CT molecular complexity index is 258. The fourth-order valence-electron chi connectivity index (χ4n) is 0.339. The predicted octanol–water partition coefficient (Wildman–Crippen LogP) is 0.892. The van der Waals surface area contributed by atoms with E-state index in [9.17, 15) is 14.9 Å². The van der Waals surface area contributed by atoms with E-state index in [1.165, 1.54) is 13.0 Å². The molecule has 0 amide bonds. The van der Waals surface area contributed by atoms with E-state index in [1.807, 2.05) is 0 Å². The van der Waals surface area contributed by atoms with Gasteiger partial charge in [-0.3, -0.25) is 0 Å². The summed E-state index contributed by atoms with van der Waals surface area (Å²) in [6.07, 6.45) is 2.47. The van der Waals surface area contributed by atoms with Gasteiger partial charge in [0.05, 0.1) is 0 Å². The van der Waals surface area contributed by atoms with E-state index >= 15 is 0 Å². The van der Waals surface area contributed by atoms with Crippen LogP contribution in [0.1, 0.15) is 6.92 Å². The fraction of sp³-hybridized carbons (Fsp3) is 0.125. The van der Waals surface area contributed by atoms with Gasteiger partial charge in [0.1, 0.15) is 0 Å². The molecule has 0 bridgehead atoms. The van der Waals surface area contributed by atoms with Crippen LogP contribution in [0.2, 0.25) is 0 Å². The molecule has 0 saturated carbocycles. The number of hydrogen-bond donors (Lipinski definition) is 0. The summed E-state index contributed by atoms with van der Waals surface area (Å²) in [6, 6.07) is 0. The van der Waals surface area contributed by atoms with Crippen LogP contribution in [-0.2, 0) is 56.9 Å². The number of allylic oxidation sites excluding steroid dienone is 2. The second-order valence-electron chi connectivity index (χ2n) is 1.94. The SMILES string of the molecule is [CH-]=C(C=C[C](=[W])C(C)=O)[N+](=O)[O-].[CH3-].[Y].